The first kappa shape index (κ1) is 18.3. The van der Waals surface area contributed by atoms with Crippen molar-refractivity contribution in [1.82, 2.24) is 5.32 Å². The molecule has 6 heteroatoms. The second-order valence-electron chi connectivity index (χ2n) is 7.04. The lowest BCUT2D eigenvalue weighted by Gasteiger charge is -2.25. The van der Waals surface area contributed by atoms with Crippen molar-refractivity contribution in [2.45, 2.75) is 44.8 Å². The molecule has 1 aromatic carbocycles. The predicted octanol–water partition coefficient (Wildman–Crippen LogP) is 1.98. The molecule has 0 spiro atoms. The van der Waals surface area contributed by atoms with Gasteiger partial charge in [-0.15, -0.1) is 0 Å². The molecule has 1 aliphatic carbocycles. The van der Waals surface area contributed by atoms with Crippen LogP contribution in [0.2, 0.25) is 0 Å². The minimum absolute atomic E-state index is 0.0851. The van der Waals surface area contributed by atoms with Gasteiger partial charge in [0.25, 0.3) is 0 Å². The van der Waals surface area contributed by atoms with E-state index < -0.39 is 12.0 Å². The highest BCUT2D eigenvalue weighted by Gasteiger charge is 2.29. The van der Waals surface area contributed by atoms with Crippen LogP contribution in [0.3, 0.4) is 0 Å². The van der Waals surface area contributed by atoms with Crippen LogP contribution in [0.15, 0.2) is 29.7 Å². The van der Waals surface area contributed by atoms with Gasteiger partial charge in [-0.2, -0.15) is 0 Å². The van der Waals surface area contributed by atoms with Crippen molar-refractivity contribution in [3.63, 3.8) is 0 Å². The van der Waals surface area contributed by atoms with E-state index in [9.17, 15) is 20.1 Å². The van der Waals surface area contributed by atoms with E-state index in [2.05, 4.69) is 5.32 Å². The third-order valence-electron chi connectivity index (χ3n) is 3.87. The maximum atomic E-state index is 11.2. The lowest BCUT2D eigenvalue weighted by atomic mass is 9.86. The van der Waals surface area contributed by atoms with E-state index in [1.165, 1.54) is 0 Å². The van der Waals surface area contributed by atoms with Gasteiger partial charge in [0, 0.05) is 24.1 Å². The Kier molecular flexibility index (Phi) is 5.51. The molecule has 1 aromatic rings. The number of ether oxygens (including phenoxy) is 1. The Hall–Kier alpha value is -2.05. The number of hydrogen-bond acceptors (Lipinski definition) is 6. The van der Waals surface area contributed by atoms with Crippen LogP contribution in [0, 0.1) is 0 Å². The quantitative estimate of drug-likeness (QED) is 0.593. The molecule has 0 aliphatic heterocycles. The van der Waals surface area contributed by atoms with Gasteiger partial charge in [0.2, 0.25) is 0 Å². The van der Waals surface area contributed by atoms with E-state index >= 15 is 0 Å². The fraction of sp³-hybridized carbons (Fsp3) is 0.500. The summed E-state index contributed by atoms with van der Waals surface area (Å²) >= 11 is 0. The molecule has 2 unspecified atom stereocenters. The van der Waals surface area contributed by atoms with Gasteiger partial charge in [0.05, 0.1) is 0 Å². The molecular weight excluding hydrogens is 310 g/mol. The summed E-state index contributed by atoms with van der Waals surface area (Å²) in [6.07, 6.45) is -0.00365. The van der Waals surface area contributed by atoms with Crippen molar-refractivity contribution >= 4 is 6.29 Å². The largest absolute Gasteiger partial charge is 0.508 e. The van der Waals surface area contributed by atoms with Gasteiger partial charge in [-0.1, -0.05) is 12.1 Å². The van der Waals surface area contributed by atoms with Gasteiger partial charge in [-0.3, -0.25) is 0 Å². The van der Waals surface area contributed by atoms with Crippen molar-refractivity contribution in [3.8, 4) is 5.75 Å². The number of aldehydes is 1. The summed E-state index contributed by atoms with van der Waals surface area (Å²) in [5, 5.41) is 32.9. The average molecular weight is 335 g/mol. The molecule has 0 amide bonds. The Bertz CT molecular complexity index is 633. The first-order valence-corrected chi connectivity index (χ1v) is 7.97. The van der Waals surface area contributed by atoms with E-state index in [1.54, 1.807) is 18.2 Å². The predicted molar refractivity (Wildman–Crippen MR) is 90.5 cm³/mol. The van der Waals surface area contributed by atoms with Crippen LogP contribution in [0.5, 0.6) is 5.75 Å². The van der Waals surface area contributed by atoms with Crippen LogP contribution in [0.1, 0.15) is 37.8 Å². The van der Waals surface area contributed by atoms with E-state index in [1.807, 2.05) is 20.8 Å². The topological polar surface area (TPSA) is 99.0 Å². The highest BCUT2D eigenvalue weighted by Crippen LogP contribution is 2.37. The molecule has 0 saturated carbocycles. The number of aliphatic hydroxyl groups is 3. The molecule has 2 rings (SSSR count). The zero-order valence-electron chi connectivity index (χ0n) is 14.2. The Labute approximate surface area is 141 Å². The Morgan fingerprint density at radius 1 is 1.38 bits per heavy atom. The van der Waals surface area contributed by atoms with Crippen LogP contribution in [-0.4, -0.2) is 46.4 Å². The Balaban J connectivity index is 2.09. The maximum Gasteiger partial charge on any atom is 0.144 e. The number of rotatable bonds is 6. The molecule has 0 saturated heterocycles. The normalized spacial score (nSPS) is 18.9. The number of allylic oxidation sites excluding steroid dienone is 2. The molecular formula is C18H25NO5. The third kappa shape index (κ3) is 4.27. The van der Waals surface area contributed by atoms with Crippen molar-refractivity contribution < 1.29 is 24.9 Å². The summed E-state index contributed by atoms with van der Waals surface area (Å²) < 4.78 is 5.69. The molecule has 0 radical (unpaired) electrons. The van der Waals surface area contributed by atoms with Gasteiger partial charge in [-0.25, -0.2) is 0 Å². The fourth-order valence-electron chi connectivity index (χ4n) is 2.59. The Morgan fingerprint density at radius 3 is 2.71 bits per heavy atom. The minimum Gasteiger partial charge on any atom is -0.508 e. The van der Waals surface area contributed by atoms with Gasteiger partial charge >= 0.3 is 0 Å². The molecule has 0 heterocycles. The molecule has 24 heavy (non-hydrogen) atoms. The van der Waals surface area contributed by atoms with E-state index in [4.69, 9.17) is 4.74 Å². The van der Waals surface area contributed by atoms with E-state index in [0.717, 1.165) is 0 Å². The number of β-amino-alcohol motifs (C(OH)–C–C–N with tert-alkyl or cyclic N) is 1. The number of fused-ring (bicyclic) bond motifs is 1. The second kappa shape index (κ2) is 7.23. The second-order valence-corrected chi connectivity index (χ2v) is 7.04. The highest BCUT2D eigenvalue weighted by atomic mass is 16.5. The lowest BCUT2D eigenvalue weighted by molar-refractivity contribution is -0.109. The molecule has 2 atom stereocenters. The van der Waals surface area contributed by atoms with Crippen LogP contribution in [0.25, 0.3) is 0 Å². The van der Waals surface area contributed by atoms with Crippen molar-refractivity contribution in [3.05, 3.63) is 40.8 Å². The average Bonchev–Trinajstić information content (AvgIpc) is 2.51. The fourth-order valence-corrected chi connectivity index (χ4v) is 2.59. The number of benzene rings is 1. The summed E-state index contributed by atoms with van der Waals surface area (Å²) in [6.45, 7) is 6.50. The van der Waals surface area contributed by atoms with Crippen LogP contribution in [-0.2, 0) is 11.2 Å². The minimum atomic E-state index is -0.884. The molecule has 132 valence electrons. The van der Waals surface area contributed by atoms with Gasteiger partial charge in [0.1, 0.15) is 42.2 Å². The lowest BCUT2D eigenvalue weighted by Crippen LogP contribution is -2.42. The molecule has 1 aliphatic rings. The standard InChI is InChI=1S/C18H25NO5/c1-18(2,3)19-8-11(21)10-24-16-6-4-5-12-13(16)7-15(22)17(23)14(12)9-20/h4-6,9,11,14,19,21-23H,7-8,10H2,1-3H3. The molecule has 0 bridgehead atoms. The number of aliphatic hydroxyl groups excluding tert-OH is 3. The zero-order chi connectivity index (χ0) is 17.9. The van der Waals surface area contributed by atoms with Crippen molar-refractivity contribution in [2.24, 2.45) is 0 Å². The van der Waals surface area contributed by atoms with E-state index in [0.29, 0.717) is 29.7 Å². The third-order valence-corrected chi connectivity index (χ3v) is 3.87. The first-order valence-electron chi connectivity index (χ1n) is 7.97. The Morgan fingerprint density at radius 2 is 2.08 bits per heavy atom. The van der Waals surface area contributed by atoms with Gasteiger partial charge < -0.3 is 30.2 Å². The van der Waals surface area contributed by atoms with Gasteiger partial charge in [-0.05, 0) is 32.4 Å². The smallest absolute Gasteiger partial charge is 0.144 e. The number of carbonyl (C=O) groups is 1. The molecule has 6 nitrogen and oxygen atoms in total. The number of nitrogens with one attached hydrogen (secondary N) is 1. The maximum absolute atomic E-state index is 11.2. The summed E-state index contributed by atoms with van der Waals surface area (Å²) in [4.78, 5) is 11.2. The number of hydrogen-bond donors (Lipinski definition) is 4. The SMILES string of the molecule is CC(C)(C)NCC(O)COc1cccc2c1CC(O)=C(O)C2C=O. The van der Waals surface area contributed by atoms with Crippen LogP contribution < -0.4 is 10.1 Å². The van der Waals surface area contributed by atoms with Crippen molar-refractivity contribution in [2.75, 3.05) is 13.2 Å². The van der Waals surface area contributed by atoms with E-state index in [-0.39, 0.29) is 30.1 Å². The monoisotopic (exact) mass is 335 g/mol. The summed E-state index contributed by atoms with van der Waals surface area (Å²) in [7, 11) is 0. The van der Waals surface area contributed by atoms with Gasteiger partial charge in [0.15, 0.2) is 0 Å². The summed E-state index contributed by atoms with van der Waals surface area (Å²) in [6, 6.07) is 5.17. The summed E-state index contributed by atoms with van der Waals surface area (Å²) in [5.41, 5.74) is 1.17. The molecule has 0 aromatic heterocycles. The van der Waals surface area contributed by atoms with Crippen molar-refractivity contribution in [1.29, 1.82) is 0 Å². The van der Waals surface area contributed by atoms with Crippen LogP contribution >= 0.6 is 0 Å². The highest BCUT2D eigenvalue weighted by molar-refractivity contribution is 5.70. The first-order chi connectivity index (χ1) is 11.2. The molecule has 4 N–H and O–H groups in total. The number of carbonyl (C=O) groups excluding carboxylic acids is 1. The summed E-state index contributed by atoms with van der Waals surface area (Å²) in [5.74, 6) is -0.937. The molecule has 0 fully saturated rings. The zero-order valence-corrected chi connectivity index (χ0v) is 14.2. The van der Waals surface area contributed by atoms with Crippen LogP contribution in [0.4, 0.5) is 0 Å².